The number of furan rings is 1. The highest BCUT2D eigenvalue weighted by Gasteiger charge is 2.16. The number of thiophene rings is 1. The van der Waals surface area contributed by atoms with Gasteiger partial charge in [0.25, 0.3) is 5.91 Å². The zero-order valence-corrected chi connectivity index (χ0v) is 22.0. The predicted molar refractivity (Wildman–Crippen MR) is 152 cm³/mol. The van der Waals surface area contributed by atoms with Gasteiger partial charge in [0.15, 0.2) is 17.3 Å². The van der Waals surface area contributed by atoms with Gasteiger partial charge >= 0.3 is 0 Å². The van der Waals surface area contributed by atoms with E-state index in [4.69, 9.17) is 24.4 Å². The number of nitrogens with two attached hydrogens (primary N) is 1. The van der Waals surface area contributed by atoms with Crippen LogP contribution in [0.25, 0.3) is 21.4 Å². The quantitative estimate of drug-likeness (QED) is 0.184. The van der Waals surface area contributed by atoms with Gasteiger partial charge in [-0.3, -0.25) is 4.79 Å². The Morgan fingerprint density at radius 2 is 1.71 bits per heavy atom. The molecule has 0 spiro atoms. The third kappa shape index (κ3) is 5.09. The van der Waals surface area contributed by atoms with Crippen molar-refractivity contribution in [2.24, 2.45) is 0 Å². The predicted octanol–water partition coefficient (Wildman–Crippen LogP) is 6.63. The Labute approximate surface area is 223 Å². The highest BCUT2D eigenvalue weighted by Crippen LogP contribution is 2.40. The summed E-state index contributed by atoms with van der Waals surface area (Å²) in [4.78, 5) is 14.0. The molecule has 38 heavy (non-hydrogen) atoms. The Bertz CT molecular complexity index is 1570. The van der Waals surface area contributed by atoms with Gasteiger partial charge in [0.05, 0.1) is 21.3 Å². The van der Waals surface area contributed by atoms with Gasteiger partial charge in [0.2, 0.25) is 5.75 Å². The smallest absolute Gasteiger partial charge is 0.291 e. The Hall–Kier alpha value is -4.63. The fourth-order valence-corrected chi connectivity index (χ4v) is 4.94. The van der Waals surface area contributed by atoms with Crippen LogP contribution in [0.3, 0.4) is 0 Å². The van der Waals surface area contributed by atoms with Crippen LogP contribution < -0.4 is 30.6 Å². The molecule has 4 N–H and O–H groups in total. The summed E-state index contributed by atoms with van der Waals surface area (Å²) in [5.74, 6) is 1.56. The molecule has 0 aliphatic carbocycles. The first kappa shape index (κ1) is 25.0. The van der Waals surface area contributed by atoms with E-state index >= 15 is 0 Å². The highest BCUT2D eigenvalue weighted by molar-refractivity contribution is 7.13. The lowest BCUT2D eigenvalue weighted by Crippen LogP contribution is -2.11. The van der Waals surface area contributed by atoms with Crippen molar-refractivity contribution >= 4 is 45.3 Å². The normalized spacial score (nSPS) is 10.8. The fraction of sp³-hybridized carbons (Fsp3) is 0.138. The van der Waals surface area contributed by atoms with Gasteiger partial charge in [0, 0.05) is 51.6 Å². The average Bonchev–Trinajstić information content (AvgIpc) is 3.62. The number of nitrogen functional groups attached to an aromatic ring is 1. The van der Waals surface area contributed by atoms with E-state index in [0.29, 0.717) is 40.8 Å². The maximum atomic E-state index is 13.0. The minimum atomic E-state index is -0.333. The topological polar surface area (TPSA) is 108 Å². The van der Waals surface area contributed by atoms with E-state index < -0.39 is 0 Å². The number of anilines is 3. The Morgan fingerprint density at radius 3 is 2.39 bits per heavy atom. The van der Waals surface area contributed by atoms with Crippen molar-refractivity contribution < 1.29 is 23.4 Å². The minimum Gasteiger partial charge on any atom is -0.493 e. The fourth-order valence-electron chi connectivity index (χ4n) is 4.17. The Balaban J connectivity index is 1.31. The molecule has 0 saturated heterocycles. The highest BCUT2D eigenvalue weighted by atomic mass is 32.1. The van der Waals surface area contributed by atoms with Crippen LogP contribution in [0.15, 0.2) is 76.5 Å². The lowest BCUT2D eigenvalue weighted by Gasteiger charge is -2.15. The molecule has 0 aliphatic heterocycles. The summed E-state index contributed by atoms with van der Waals surface area (Å²) in [6.07, 6.45) is 0. The summed E-state index contributed by atoms with van der Waals surface area (Å²) in [6.45, 7) is 0.540. The lowest BCUT2D eigenvalue weighted by atomic mass is 10.1. The van der Waals surface area contributed by atoms with Crippen LogP contribution in [0.1, 0.15) is 16.1 Å². The van der Waals surface area contributed by atoms with E-state index in [2.05, 4.69) is 10.6 Å². The van der Waals surface area contributed by atoms with Gasteiger partial charge in [-0.15, -0.1) is 11.3 Å². The first-order valence-corrected chi connectivity index (χ1v) is 12.7. The Morgan fingerprint density at radius 1 is 0.921 bits per heavy atom. The molecule has 0 atom stereocenters. The number of hydrogen-bond donors (Lipinski definition) is 3. The van der Waals surface area contributed by atoms with Crippen molar-refractivity contribution in [2.75, 3.05) is 37.7 Å². The number of carbonyl (C=O) groups is 1. The molecule has 2 aromatic heterocycles. The van der Waals surface area contributed by atoms with E-state index in [1.807, 2.05) is 53.9 Å². The molecule has 0 radical (unpaired) electrons. The number of ether oxygens (including phenoxy) is 3. The molecule has 5 aromatic rings. The zero-order valence-electron chi connectivity index (χ0n) is 21.2. The number of amides is 1. The number of nitrogens with one attached hydrogen (secondary N) is 2. The second-order valence-electron chi connectivity index (χ2n) is 8.48. The minimum absolute atomic E-state index is 0.226. The monoisotopic (exact) mass is 529 g/mol. The molecule has 5 rings (SSSR count). The van der Waals surface area contributed by atoms with E-state index in [-0.39, 0.29) is 11.7 Å². The molecule has 1 amide bonds. The third-order valence-electron chi connectivity index (χ3n) is 6.06. The largest absolute Gasteiger partial charge is 0.493 e. The number of hydrogen-bond acceptors (Lipinski definition) is 8. The van der Waals surface area contributed by atoms with Gasteiger partial charge in [-0.25, -0.2) is 0 Å². The molecule has 8 nitrogen and oxygen atoms in total. The van der Waals surface area contributed by atoms with Gasteiger partial charge < -0.3 is 35.0 Å². The molecule has 0 fully saturated rings. The molecule has 194 valence electrons. The first-order chi connectivity index (χ1) is 18.5. The van der Waals surface area contributed by atoms with E-state index in [9.17, 15) is 4.79 Å². The van der Waals surface area contributed by atoms with Crippen molar-refractivity contribution in [1.82, 2.24) is 0 Å². The molecular formula is C29H27N3O5S. The van der Waals surface area contributed by atoms with Gasteiger partial charge in [-0.2, -0.15) is 0 Å². The Kier molecular flexibility index (Phi) is 7.10. The zero-order chi connectivity index (χ0) is 26.6. The second-order valence-corrected chi connectivity index (χ2v) is 9.43. The third-order valence-corrected chi connectivity index (χ3v) is 6.97. The van der Waals surface area contributed by atoms with E-state index in [0.717, 1.165) is 27.1 Å². The summed E-state index contributed by atoms with van der Waals surface area (Å²) in [6, 6.07) is 20.6. The molecule has 2 heterocycles. The van der Waals surface area contributed by atoms with Crippen molar-refractivity contribution in [1.29, 1.82) is 0 Å². The average molecular weight is 530 g/mol. The number of carbonyl (C=O) groups excluding carboxylic acids is 1. The van der Waals surface area contributed by atoms with Crippen molar-refractivity contribution in [2.45, 2.75) is 6.54 Å². The van der Waals surface area contributed by atoms with Crippen LogP contribution in [-0.2, 0) is 6.54 Å². The SMILES string of the molecule is COc1cc(NCc2ccc3oc(C(=O)Nc4ccc(N)c(-c5cccs5)c4)cc3c2)cc(OC)c1OC. The maximum Gasteiger partial charge on any atom is 0.291 e. The lowest BCUT2D eigenvalue weighted by molar-refractivity contribution is 0.0998. The van der Waals surface area contributed by atoms with Crippen LogP contribution in [0.4, 0.5) is 17.1 Å². The number of rotatable bonds is 9. The molecule has 0 unspecified atom stereocenters. The first-order valence-electron chi connectivity index (χ1n) is 11.8. The van der Waals surface area contributed by atoms with Crippen LogP contribution in [0.5, 0.6) is 17.2 Å². The molecule has 0 saturated carbocycles. The van der Waals surface area contributed by atoms with Gasteiger partial charge in [-0.1, -0.05) is 12.1 Å². The molecule has 3 aromatic carbocycles. The molecular weight excluding hydrogens is 502 g/mol. The van der Waals surface area contributed by atoms with Crippen LogP contribution >= 0.6 is 11.3 Å². The second kappa shape index (κ2) is 10.8. The van der Waals surface area contributed by atoms with E-state index in [1.54, 1.807) is 50.9 Å². The summed E-state index contributed by atoms with van der Waals surface area (Å²) in [5, 5.41) is 9.10. The van der Waals surface area contributed by atoms with Gasteiger partial charge in [0.1, 0.15) is 5.58 Å². The van der Waals surface area contributed by atoms with Crippen molar-refractivity contribution in [3.63, 3.8) is 0 Å². The van der Waals surface area contributed by atoms with Crippen LogP contribution in [0.2, 0.25) is 0 Å². The number of fused-ring (bicyclic) bond motifs is 1. The van der Waals surface area contributed by atoms with Crippen molar-refractivity contribution in [3.05, 3.63) is 83.4 Å². The van der Waals surface area contributed by atoms with Crippen LogP contribution in [-0.4, -0.2) is 27.2 Å². The summed E-state index contributed by atoms with van der Waals surface area (Å²) >= 11 is 1.59. The summed E-state index contributed by atoms with van der Waals surface area (Å²) in [7, 11) is 4.73. The van der Waals surface area contributed by atoms with Crippen molar-refractivity contribution in [3.8, 4) is 27.7 Å². The van der Waals surface area contributed by atoms with E-state index in [1.165, 1.54) is 0 Å². The standard InChI is InChI=1S/C29H27N3O5S/c1-34-24-14-20(15-25(35-2)28(24)36-3)31-16-17-6-9-23-18(11-17)12-26(37-23)29(33)32-19-7-8-22(30)21(13-19)27-5-4-10-38-27/h4-15,31H,16,30H2,1-3H3,(H,32,33). The maximum absolute atomic E-state index is 13.0. The number of benzene rings is 3. The van der Waals surface area contributed by atoms with Crippen LogP contribution in [0, 0.1) is 0 Å². The summed E-state index contributed by atoms with van der Waals surface area (Å²) in [5.41, 5.74) is 10.8. The molecule has 0 aliphatic rings. The molecule has 0 bridgehead atoms. The number of methoxy groups -OCH3 is 3. The molecule has 9 heteroatoms. The summed E-state index contributed by atoms with van der Waals surface area (Å²) < 4.78 is 22.1. The van der Waals surface area contributed by atoms with Gasteiger partial charge in [-0.05, 0) is 53.4 Å².